The van der Waals surface area contributed by atoms with E-state index in [2.05, 4.69) is 25.9 Å². The van der Waals surface area contributed by atoms with Crippen molar-refractivity contribution >= 4 is 57.2 Å². The molecule has 0 saturated carbocycles. The minimum Gasteiger partial charge on any atom is -0.476 e. The Hall–Kier alpha value is -1.80. The monoisotopic (exact) mass is 436 g/mol. The largest absolute Gasteiger partial charge is 0.476 e. The van der Waals surface area contributed by atoms with E-state index in [1.807, 2.05) is 18.2 Å². The summed E-state index contributed by atoms with van der Waals surface area (Å²) in [7, 11) is 0. The molecule has 8 heteroatoms. The molecule has 2 heterocycles. The molecular formula is C19H13BrFN3NaO2. The maximum atomic E-state index is 14.5. The molecule has 1 aliphatic heterocycles. The van der Waals surface area contributed by atoms with Gasteiger partial charge in [-0.25, -0.2) is 14.2 Å². The SMILES string of the molecule is C[C@H]1N=C(c2ccccc2F)c2cc(Br)ccc2-n2cnc(C(=O)O)c21.[Na]. The molecule has 0 spiro atoms. The minimum absolute atomic E-state index is 0. The van der Waals surface area contributed by atoms with Crippen LogP contribution in [-0.2, 0) is 0 Å². The van der Waals surface area contributed by atoms with E-state index >= 15 is 0 Å². The Morgan fingerprint density at radius 2 is 1.96 bits per heavy atom. The number of nitrogens with zero attached hydrogens (tertiary/aromatic N) is 3. The molecule has 131 valence electrons. The number of rotatable bonds is 2. The fourth-order valence-electron chi connectivity index (χ4n) is 3.21. The number of aromatic carboxylic acids is 1. The predicted molar refractivity (Wildman–Crippen MR) is 104 cm³/mol. The Bertz CT molecular complexity index is 1080. The van der Waals surface area contributed by atoms with Crippen LogP contribution in [0.3, 0.4) is 0 Å². The van der Waals surface area contributed by atoms with Gasteiger partial charge in [0.25, 0.3) is 0 Å². The summed E-state index contributed by atoms with van der Waals surface area (Å²) in [6.45, 7) is 1.78. The first-order valence-corrected chi connectivity index (χ1v) is 8.70. The molecule has 5 nitrogen and oxygen atoms in total. The topological polar surface area (TPSA) is 67.5 Å². The van der Waals surface area contributed by atoms with Crippen LogP contribution >= 0.6 is 15.9 Å². The van der Waals surface area contributed by atoms with E-state index in [1.54, 1.807) is 29.7 Å². The third-order valence-corrected chi connectivity index (χ3v) is 4.82. The zero-order valence-electron chi connectivity index (χ0n) is 14.6. The second-order valence-electron chi connectivity index (χ2n) is 5.95. The summed E-state index contributed by atoms with van der Waals surface area (Å²) in [5.74, 6) is -1.50. The molecular weight excluding hydrogens is 424 g/mol. The molecule has 3 aromatic rings. The molecule has 0 aliphatic carbocycles. The van der Waals surface area contributed by atoms with Crippen molar-refractivity contribution in [1.82, 2.24) is 9.55 Å². The van der Waals surface area contributed by atoms with Gasteiger partial charge in [-0.3, -0.25) is 9.56 Å². The summed E-state index contributed by atoms with van der Waals surface area (Å²) in [5.41, 5.74) is 2.66. The Morgan fingerprint density at radius 3 is 2.67 bits per heavy atom. The molecule has 1 N–H and O–H groups in total. The van der Waals surface area contributed by atoms with Gasteiger partial charge in [0.15, 0.2) is 5.69 Å². The summed E-state index contributed by atoms with van der Waals surface area (Å²) in [6, 6.07) is 11.4. The van der Waals surface area contributed by atoms with Crippen molar-refractivity contribution < 1.29 is 14.3 Å². The Balaban J connectivity index is 0.00000210. The first kappa shape index (κ1) is 19.9. The van der Waals surface area contributed by atoms with Gasteiger partial charge in [0.05, 0.1) is 23.1 Å². The average Bonchev–Trinajstić information content (AvgIpc) is 3.01. The number of hydrogen-bond donors (Lipinski definition) is 1. The van der Waals surface area contributed by atoms with Crippen LogP contribution in [0.25, 0.3) is 5.69 Å². The molecule has 27 heavy (non-hydrogen) atoms. The summed E-state index contributed by atoms with van der Waals surface area (Å²) in [4.78, 5) is 20.3. The van der Waals surface area contributed by atoms with Gasteiger partial charge in [-0.1, -0.05) is 28.1 Å². The number of benzene rings is 2. The number of imidazole rings is 1. The molecule has 0 saturated heterocycles. The van der Waals surface area contributed by atoms with Crippen molar-refractivity contribution in [2.24, 2.45) is 4.99 Å². The summed E-state index contributed by atoms with van der Waals surface area (Å²) in [6.07, 6.45) is 1.47. The van der Waals surface area contributed by atoms with E-state index in [0.29, 0.717) is 28.2 Å². The van der Waals surface area contributed by atoms with Crippen LogP contribution in [0.4, 0.5) is 4.39 Å². The minimum atomic E-state index is -1.12. The van der Waals surface area contributed by atoms with Gasteiger partial charge >= 0.3 is 5.97 Å². The maximum absolute atomic E-state index is 14.5. The first-order valence-electron chi connectivity index (χ1n) is 7.91. The van der Waals surface area contributed by atoms with Crippen molar-refractivity contribution in [2.45, 2.75) is 13.0 Å². The average molecular weight is 437 g/mol. The number of carboxylic acids is 1. The number of fused-ring (bicyclic) bond motifs is 3. The van der Waals surface area contributed by atoms with E-state index in [4.69, 9.17) is 0 Å². The van der Waals surface area contributed by atoms with Crippen LogP contribution in [0, 0.1) is 5.82 Å². The van der Waals surface area contributed by atoms with Gasteiger partial charge in [-0.2, -0.15) is 0 Å². The molecule has 4 rings (SSSR count). The van der Waals surface area contributed by atoms with Gasteiger partial charge in [-0.05, 0) is 37.3 Å². The fraction of sp³-hybridized carbons (Fsp3) is 0.105. The Kier molecular flexibility index (Phi) is 5.67. The smallest absolute Gasteiger partial charge is 0.356 e. The predicted octanol–water partition coefficient (Wildman–Crippen LogP) is 4.00. The molecule has 1 aliphatic rings. The molecule has 0 unspecified atom stereocenters. The number of carboxylic acid groups (broad SMARTS) is 1. The van der Waals surface area contributed by atoms with E-state index < -0.39 is 12.0 Å². The van der Waals surface area contributed by atoms with Crippen molar-refractivity contribution in [3.05, 3.63) is 81.6 Å². The number of aliphatic imine (C=N–C) groups is 1. The van der Waals surface area contributed by atoms with Gasteiger partial charge in [0.1, 0.15) is 12.1 Å². The van der Waals surface area contributed by atoms with Crippen LogP contribution in [0.5, 0.6) is 0 Å². The standard InChI is InChI=1S/C19H13BrFN3O2.Na/c1-10-18-17(19(25)26)22-9-24(18)15-7-6-11(20)8-13(15)16(23-10)12-4-2-3-5-14(12)21;/h2-10H,1H3,(H,25,26);/t10-;/m1./s1. The fourth-order valence-corrected chi connectivity index (χ4v) is 3.58. The Morgan fingerprint density at radius 1 is 1.22 bits per heavy atom. The van der Waals surface area contributed by atoms with E-state index in [9.17, 15) is 14.3 Å². The second-order valence-corrected chi connectivity index (χ2v) is 6.86. The van der Waals surface area contributed by atoms with Crippen LogP contribution in [0.2, 0.25) is 0 Å². The zero-order valence-corrected chi connectivity index (χ0v) is 18.2. The van der Waals surface area contributed by atoms with Crippen LogP contribution in [0.1, 0.15) is 40.3 Å². The molecule has 1 atom stereocenters. The van der Waals surface area contributed by atoms with E-state index in [1.165, 1.54) is 12.4 Å². The van der Waals surface area contributed by atoms with Crippen molar-refractivity contribution in [1.29, 1.82) is 0 Å². The molecule has 0 bridgehead atoms. The summed E-state index contributed by atoms with van der Waals surface area (Å²) < 4.78 is 17.0. The number of carbonyl (C=O) groups is 1. The Labute approximate surface area is 185 Å². The van der Waals surface area contributed by atoms with Crippen molar-refractivity contribution in [3.63, 3.8) is 0 Å². The third kappa shape index (κ3) is 3.40. The maximum Gasteiger partial charge on any atom is 0.356 e. The molecule has 0 fully saturated rings. The van der Waals surface area contributed by atoms with Crippen molar-refractivity contribution in [3.8, 4) is 5.69 Å². The summed E-state index contributed by atoms with van der Waals surface area (Å²) in [5, 5.41) is 9.47. The van der Waals surface area contributed by atoms with Gasteiger partial charge in [-0.15, -0.1) is 0 Å². The number of halogens is 2. The quantitative estimate of drug-likeness (QED) is 0.617. The van der Waals surface area contributed by atoms with Crippen molar-refractivity contribution in [2.75, 3.05) is 0 Å². The van der Waals surface area contributed by atoms with Gasteiger partial charge in [0, 0.05) is 45.2 Å². The van der Waals surface area contributed by atoms with E-state index in [-0.39, 0.29) is 41.1 Å². The zero-order chi connectivity index (χ0) is 18.4. The molecule has 0 amide bonds. The van der Waals surface area contributed by atoms with Gasteiger partial charge in [0.2, 0.25) is 0 Å². The van der Waals surface area contributed by atoms with Crippen LogP contribution in [-0.4, -0.2) is 55.9 Å². The first-order chi connectivity index (χ1) is 12.5. The molecule has 1 radical (unpaired) electrons. The van der Waals surface area contributed by atoms with Crippen LogP contribution < -0.4 is 0 Å². The van der Waals surface area contributed by atoms with Gasteiger partial charge < -0.3 is 5.11 Å². The number of hydrogen-bond acceptors (Lipinski definition) is 3. The normalized spacial score (nSPS) is 15.1. The van der Waals surface area contributed by atoms with E-state index in [0.717, 1.165) is 4.47 Å². The van der Waals surface area contributed by atoms with Crippen LogP contribution in [0.15, 0.2) is 58.3 Å². The summed E-state index contributed by atoms with van der Waals surface area (Å²) >= 11 is 3.45. The molecule has 2 aromatic carbocycles. The second kappa shape index (κ2) is 7.67. The molecule has 1 aromatic heterocycles. The third-order valence-electron chi connectivity index (χ3n) is 4.33. The number of aromatic nitrogens is 2.